The summed E-state index contributed by atoms with van der Waals surface area (Å²) in [7, 11) is 1.61. The van der Waals surface area contributed by atoms with Crippen LogP contribution >= 0.6 is 11.3 Å². The van der Waals surface area contributed by atoms with E-state index in [1.807, 2.05) is 18.2 Å². The van der Waals surface area contributed by atoms with Crippen molar-refractivity contribution >= 4 is 22.9 Å². The molecule has 0 aliphatic carbocycles. The first kappa shape index (κ1) is 18.2. The molecule has 5 heteroatoms. The predicted octanol–water partition coefficient (Wildman–Crippen LogP) is 4.34. The molecule has 0 fully saturated rings. The van der Waals surface area contributed by atoms with Crippen molar-refractivity contribution in [1.82, 2.24) is 5.32 Å². The monoisotopic (exact) mass is 366 g/mol. The van der Waals surface area contributed by atoms with Crippen molar-refractivity contribution in [3.8, 4) is 5.75 Å². The van der Waals surface area contributed by atoms with Gasteiger partial charge in [-0.05, 0) is 59.8 Å². The SMILES string of the molecule is COc1ccc(C(=O)Nc2cccc(CNCCc3cccs3)c2)cc1. The van der Waals surface area contributed by atoms with Crippen LogP contribution in [0.15, 0.2) is 66.0 Å². The van der Waals surface area contributed by atoms with Gasteiger partial charge in [0.2, 0.25) is 0 Å². The van der Waals surface area contributed by atoms with Crippen LogP contribution < -0.4 is 15.4 Å². The Balaban J connectivity index is 1.52. The Bertz CT molecular complexity index is 829. The van der Waals surface area contributed by atoms with Crippen molar-refractivity contribution < 1.29 is 9.53 Å². The van der Waals surface area contributed by atoms with Crippen molar-refractivity contribution in [1.29, 1.82) is 0 Å². The standard InChI is InChI=1S/C21H22N2O2S/c1-25-19-9-7-17(8-10-19)21(24)23-18-5-2-4-16(14-18)15-22-12-11-20-6-3-13-26-20/h2-10,13-14,22H,11-12,15H2,1H3,(H,23,24). The van der Waals surface area contributed by atoms with E-state index in [0.29, 0.717) is 5.56 Å². The van der Waals surface area contributed by atoms with Gasteiger partial charge < -0.3 is 15.4 Å². The third-order valence-electron chi connectivity index (χ3n) is 3.99. The molecule has 0 saturated carbocycles. The van der Waals surface area contributed by atoms with Gasteiger partial charge in [0.25, 0.3) is 5.91 Å². The van der Waals surface area contributed by atoms with E-state index in [4.69, 9.17) is 4.74 Å². The quantitative estimate of drug-likeness (QED) is 0.583. The molecule has 2 N–H and O–H groups in total. The van der Waals surface area contributed by atoms with Crippen molar-refractivity contribution in [3.63, 3.8) is 0 Å². The lowest BCUT2D eigenvalue weighted by molar-refractivity contribution is 0.102. The van der Waals surface area contributed by atoms with Crippen molar-refractivity contribution in [2.75, 3.05) is 19.0 Å². The summed E-state index contributed by atoms with van der Waals surface area (Å²) in [6.45, 7) is 1.71. The van der Waals surface area contributed by atoms with E-state index in [1.54, 1.807) is 42.7 Å². The summed E-state index contributed by atoms with van der Waals surface area (Å²) in [4.78, 5) is 13.7. The number of hydrogen-bond donors (Lipinski definition) is 2. The largest absolute Gasteiger partial charge is 0.497 e. The number of hydrogen-bond acceptors (Lipinski definition) is 4. The summed E-state index contributed by atoms with van der Waals surface area (Å²) < 4.78 is 5.12. The maximum atomic E-state index is 12.4. The second-order valence-electron chi connectivity index (χ2n) is 5.89. The van der Waals surface area contributed by atoms with Crippen LogP contribution in [0.2, 0.25) is 0 Å². The molecule has 0 bridgehead atoms. The summed E-state index contributed by atoms with van der Waals surface area (Å²) in [5, 5.41) is 8.49. The number of nitrogens with one attached hydrogen (secondary N) is 2. The summed E-state index contributed by atoms with van der Waals surface area (Å²) in [6.07, 6.45) is 1.03. The minimum absolute atomic E-state index is 0.129. The fourth-order valence-corrected chi connectivity index (χ4v) is 3.31. The lowest BCUT2D eigenvalue weighted by Crippen LogP contribution is -2.17. The highest BCUT2D eigenvalue weighted by Crippen LogP contribution is 2.15. The van der Waals surface area contributed by atoms with Crippen LogP contribution in [0.4, 0.5) is 5.69 Å². The molecule has 134 valence electrons. The molecule has 0 atom stereocenters. The summed E-state index contributed by atoms with van der Waals surface area (Å²) >= 11 is 1.78. The molecule has 0 unspecified atom stereocenters. The molecule has 0 saturated heterocycles. The van der Waals surface area contributed by atoms with Gasteiger partial charge in [0.1, 0.15) is 5.75 Å². The van der Waals surface area contributed by atoms with Crippen LogP contribution in [0.5, 0.6) is 5.75 Å². The van der Waals surface area contributed by atoms with Gasteiger partial charge in [0.15, 0.2) is 0 Å². The Kier molecular flexibility index (Phi) is 6.41. The molecule has 0 radical (unpaired) electrons. The Morgan fingerprint density at radius 1 is 1.08 bits per heavy atom. The van der Waals surface area contributed by atoms with Gasteiger partial charge in [-0.15, -0.1) is 11.3 Å². The van der Waals surface area contributed by atoms with E-state index in [0.717, 1.165) is 36.5 Å². The maximum absolute atomic E-state index is 12.4. The Morgan fingerprint density at radius 2 is 1.92 bits per heavy atom. The number of amides is 1. The molecule has 4 nitrogen and oxygen atoms in total. The van der Waals surface area contributed by atoms with Gasteiger partial charge in [-0.25, -0.2) is 0 Å². The number of carbonyl (C=O) groups excluding carboxylic acids is 1. The first-order valence-corrected chi connectivity index (χ1v) is 9.40. The second kappa shape index (κ2) is 9.17. The van der Waals surface area contributed by atoms with Crippen LogP contribution in [0.3, 0.4) is 0 Å². The topological polar surface area (TPSA) is 50.4 Å². The third kappa shape index (κ3) is 5.18. The highest BCUT2D eigenvalue weighted by molar-refractivity contribution is 7.09. The van der Waals surface area contributed by atoms with Gasteiger partial charge in [0.05, 0.1) is 7.11 Å². The molecule has 1 heterocycles. The molecular formula is C21H22N2O2S. The average molecular weight is 366 g/mol. The number of rotatable bonds is 8. The number of benzene rings is 2. The lowest BCUT2D eigenvalue weighted by atomic mass is 10.1. The number of carbonyl (C=O) groups is 1. The van der Waals surface area contributed by atoms with Crippen LogP contribution in [0, 0.1) is 0 Å². The number of anilines is 1. The van der Waals surface area contributed by atoms with E-state index in [-0.39, 0.29) is 5.91 Å². The highest BCUT2D eigenvalue weighted by atomic mass is 32.1. The van der Waals surface area contributed by atoms with Gasteiger partial charge in [-0.1, -0.05) is 18.2 Å². The zero-order valence-corrected chi connectivity index (χ0v) is 15.5. The molecule has 3 aromatic rings. The Hall–Kier alpha value is -2.63. The van der Waals surface area contributed by atoms with Gasteiger partial charge >= 0.3 is 0 Å². The van der Waals surface area contributed by atoms with Crippen LogP contribution in [0.1, 0.15) is 20.8 Å². The van der Waals surface area contributed by atoms with E-state index in [2.05, 4.69) is 34.2 Å². The molecule has 3 rings (SSSR count). The van der Waals surface area contributed by atoms with Crippen LogP contribution in [0.25, 0.3) is 0 Å². The minimum Gasteiger partial charge on any atom is -0.497 e. The first-order chi connectivity index (χ1) is 12.7. The maximum Gasteiger partial charge on any atom is 0.255 e. The first-order valence-electron chi connectivity index (χ1n) is 8.52. The number of thiophene rings is 1. The Morgan fingerprint density at radius 3 is 2.65 bits per heavy atom. The summed E-state index contributed by atoms with van der Waals surface area (Å²) in [6, 6.07) is 19.2. The normalized spacial score (nSPS) is 10.5. The van der Waals surface area contributed by atoms with Gasteiger partial charge in [-0.2, -0.15) is 0 Å². The van der Waals surface area contributed by atoms with Gasteiger partial charge in [-0.3, -0.25) is 4.79 Å². The van der Waals surface area contributed by atoms with E-state index < -0.39 is 0 Å². The van der Waals surface area contributed by atoms with Gasteiger partial charge in [0, 0.05) is 29.2 Å². The fraction of sp³-hybridized carbons (Fsp3) is 0.190. The Labute approximate surface area is 157 Å². The molecule has 1 amide bonds. The molecule has 0 aliphatic rings. The zero-order chi connectivity index (χ0) is 18.2. The molecule has 0 spiro atoms. The van der Waals surface area contributed by atoms with Crippen LogP contribution in [-0.2, 0) is 13.0 Å². The van der Waals surface area contributed by atoms with Crippen molar-refractivity contribution in [2.45, 2.75) is 13.0 Å². The smallest absolute Gasteiger partial charge is 0.255 e. The molecule has 1 aromatic heterocycles. The molecule has 2 aromatic carbocycles. The predicted molar refractivity (Wildman–Crippen MR) is 107 cm³/mol. The van der Waals surface area contributed by atoms with E-state index in [1.165, 1.54) is 4.88 Å². The number of ether oxygens (including phenoxy) is 1. The fourth-order valence-electron chi connectivity index (χ4n) is 2.60. The lowest BCUT2D eigenvalue weighted by Gasteiger charge is -2.09. The molecule has 0 aliphatic heterocycles. The molecular weight excluding hydrogens is 344 g/mol. The number of methoxy groups -OCH3 is 1. The second-order valence-corrected chi connectivity index (χ2v) is 6.92. The molecule has 26 heavy (non-hydrogen) atoms. The third-order valence-corrected chi connectivity index (χ3v) is 4.93. The average Bonchev–Trinajstić information content (AvgIpc) is 3.19. The van der Waals surface area contributed by atoms with Crippen molar-refractivity contribution in [2.24, 2.45) is 0 Å². The minimum atomic E-state index is -0.129. The van der Waals surface area contributed by atoms with Crippen molar-refractivity contribution in [3.05, 3.63) is 82.0 Å². The van der Waals surface area contributed by atoms with Crippen LogP contribution in [-0.4, -0.2) is 19.6 Å². The van der Waals surface area contributed by atoms with E-state index >= 15 is 0 Å². The zero-order valence-electron chi connectivity index (χ0n) is 14.7. The summed E-state index contributed by atoms with van der Waals surface area (Å²) in [5.74, 6) is 0.604. The summed E-state index contributed by atoms with van der Waals surface area (Å²) in [5.41, 5.74) is 2.54. The highest BCUT2D eigenvalue weighted by Gasteiger charge is 2.06. The van der Waals surface area contributed by atoms with E-state index in [9.17, 15) is 4.79 Å².